The van der Waals surface area contributed by atoms with Crippen LogP contribution >= 0.6 is 11.6 Å². The van der Waals surface area contributed by atoms with Gasteiger partial charge in [0.15, 0.2) is 0 Å². The summed E-state index contributed by atoms with van der Waals surface area (Å²) in [5, 5.41) is 4.28. The summed E-state index contributed by atoms with van der Waals surface area (Å²) in [5.41, 5.74) is 1.24. The van der Waals surface area contributed by atoms with Crippen molar-refractivity contribution in [2.45, 2.75) is 37.6 Å². The Morgan fingerprint density at radius 2 is 1.78 bits per heavy atom. The summed E-state index contributed by atoms with van der Waals surface area (Å²) in [6.07, 6.45) is -2.07. The first kappa shape index (κ1) is 18.8. The van der Waals surface area contributed by atoms with Gasteiger partial charge in [-0.15, -0.1) is 0 Å². The van der Waals surface area contributed by atoms with Gasteiger partial charge in [-0.2, -0.15) is 13.2 Å². The smallest absolute Gasteiger partial charge is 0.308 e. The van der Waals surface area contributed by atoms with Crippen LogP contribution in [0, 0.1) is 5.92 Å². The van der Waals surface area contributed by atoms with Gasteiger partial charge in [-0.1, -0.05) is 41.9 Å². The van der Waals surface area contributed by atoms with Gasteiger partial charge in [0, 0.05) is 17.6 Å². The molecule has 5 rings (SSSR count). The van der Waals surface area contributed by atoms with Gasteiger partial charge in [0.25, 0.3) is 0 Å². The van der Waals surface area contributed by atoms with E-state index in [1.807, 2.05) is 18.2 Å². The minimum atomic E-state index is -4.31. The predicted octanol–water partition coefficient (Wildman–Crippen LogP) is 5.28. The summed E-state index contributed by atoms with van der Waals surface area (Å²) in [4.78, 5) is 2.47. The summed E-state index contributed by atoms with van der Waals surface area (Å²) in [5.74, 6) is 0.532. The van der Waals surface area contributed by atoms with E-state index in [0.717, 1.165) is 32.0 Å². The zero-order valence-electron chi connectivity index (χ0n) is 14.8. The molecule has 2 bridgehead atoms. The lowest BCUT2D eigenvalue weighted by atomic mass is 9.76. The number of piperidine rings is 3. The Bertz CT molecular complexity index is 800. The molecule has 2 nitrogen and oxygen atoms in total. The lowest BCUT2D eigenvalue weighted by Crippen LogP contribution is -2.57. The number of alkyl halides is 3. The minimum absolute atomic E-state index is 0.209. The number of fused-ring (bicyclic) bond motifs is 3. The lowest BCUT2D eigenvalue weighted by Gasteiger charge is -2.51. The standard InChI is InChI=1S/C21H22ClF3N2/c22-18-6-2-4-16(12-18)20-19(15-7-9-27(20)10-8-15)26-13-14-3-1-5-17(11-14)21(23,24)25/h1-6,11-12,15,19-20,26H,7-10,13H2. The maximum Gasteiger partial charge on any atom is 0.416 e. The van der Waals surface area contributed by atoms with Crippen LogP contribution < -0.4 is 5.32 Å². The molecule has 3 saturated heterocycles. The van der Waals surface area contributed by atoms with Crippen LogP contribution in [0.4, 0.5) is 13.2 Å². The van der Waals surface area contributed by atoms with E-state index in [4.69, 9.17) is 11.6 Å². The van der Waals surface area contributed by atoms with Crippen molar-refractivity contribution < 1.29 is 13.2 Å². The van der Waals surface area contributed by atoms with Gasteiger partial charge < -0.3 is 5.32 Å². The minimum Gasteiger partial charge on any atom is -0.308 e. The summed E-state index contributed by atoms with van der Waals surface area (Å²) >= 11 is 6.20. The van der Waals surface area contributed by atoms with Crippen LogP contribution in [-0.4, -0.2) is 24.0 Å². The Kier molecular flexibility index (Phi) is 5.19. The molecule has 6 heteroatoms. The van der Waals surface area contributed by atoms with E-state index in [1.165, 1.54) is 17.7 Å². The van der Waals surface area contributed by atoms with E-state index in [-0.39, 0.29) is 12.1 Å². The maximum absolute atomic E-state index is 13.0. The molecule has 2 unspecified atom stereocenters. The SMILES string of the molecule is FC(F)(F)c1cccc(CNC2C3CCN(CC3)C2c2cccc(Cl)c2)c1. The predicted molar refractivity (Wildman–Crippen MR) is 101 cm³/mol. The first-order valence-electron chi connectivity index (χ1n) is 9.31. The molecule has 3 aliphatic heterocycles. The van der Waals surface area contributed by atoms with Gasteiger partial charge in [-0.25, -0.2) is 0 Å². The Hall–Kier alpha value is -1.56. The highest BCUT2D eigenvalue weighted by molar-refractivity contribution is 6.30. The van der Waals surface area contributed by atoms with Gasteiger partial charge in [-0.3, -0.25) is 4.90 Å². The van der Waals surface area contributed by atoms with Crippen LogP contribution in [0.1, 0.15) is 35.6 Å². The van der Waals surface area contributed by atoms with E-state index in [1.54, 1.807) is 6.07 Å². The van der Waals surface area contributed by atoms with Crippen molar-refractivity contribution in [3.05, 3.63) is 70.2 Å². The van der Waals surface area contributed by atoms with Crippen molar-refractivity contribution in [2.75, 3.05) is 13.1 Å². The summed E-state index contributed by atoms with van der Waals surface area (Å²) in [6, 6.07) is 13.9. The average Bonchev–Trinajstić information content (AvgIpc) is 2.66. The number of benzene rings is 2. The number of hydrogen-bond acceptors (Lipinski definition) is 2. The highest BCUT2D eigenvalue weighted by atomic mass is 35.5. The van der Waals surface area contributed by atoms with Crippen molar-refractivity contribution >= 4 is 11.6 Å². The van der Waals surface area contributed by atoms with E-state index >= 15 is 0 Å². The molecule has 0 aliphatic carbocycles. The largest absolute Gasteiger partial charge is 0.416 e. The molecule has 0 aromatic heterocycles. The third-order valence-electron chi connectivity index (χ3n) is 5.80. The summed E-state index contributed by atoms with van der Waals surface area (Å²) < 4.78 is 38.9. The quantitative estimate of drug-likeness (QED) is 0.758. The molecule has 0 radical (unpaired) electrons. The second kappa shape index (κ2) is 7.46. The van der Waals surface area contributed by atoms with Crippen LogP contribution in [0.3, 0.4) is 0 Å². The Balaban J connectivity index is 1.54. The first-order valence-corrected chi connectivity index (χ1v) is 9.68. The Morgan fingerprint density at radius 1 is 1.04 bits per heavy atom. The highest BCUT2D eigenvalue weighted by Gasteiger charge is 2.42. The molecule has 0 spiro atoms. The zero-order chi connectivity index (χ0) is 19.0. The van der Waals surface area contributed by atoms with Gasteiger partial charge in [-0.05, 0) is 61.2 Å². The third-order valence-corrected chi connectivity index (χ3v) is 6.04. The molecular weight excluding hydrogens is 373 g/mol. The van der Waals surface area contributed by atoms with Gasteiger partial charge in [0.2, 0.25) is 0 Å². The average molecular weight is 395 g/mol. The number of halogens is 4. The molecule has 3 heterocycles. The fourth-order valence-electron chi connectivity index (χ4n) is 4.52. The molecule has 27 heavy (non-hydrogen) atoms. The molecule has 3 aliphatic rings. The monoisotopic (exact) mass is 394 g/mol. The molecule has 2 aromatic rings. The van der Waals surface area contributed by atoms with Crippen molar-refractivity contribution in [1.82, 2.24) is 10.2 Å². The summed E-state index contributed by atoms with van der Waals surface area (Å²) in [7, 11) is 0. The van der Waals surface area contributed by atoms with Crippen LogP contribution in [0.25, 0.3) is 0 Å². The first-order chi connectivity index (χ1) is 12.9. The summed E-state index contributed by atoms with van der Waals surface area (Å²) in [6.45, 7) is 2.54. The van der Waals surface area contributed by atoms with E-state index in [9.17, 15) is 13.2 Å². The van der Waals surface area contributed by atoms with Crippen LogP contribution in [0.15, 0.2) is 48.5 Å². The number of rotatable bonds is 4. The van der Waals surface area contributed by atoms with E-state index in [2.05, 4.69) is 16.3 Å². The molecule has 3 fully saturated rings. The lowest BCUT2D eigenvalue weighted by molar-refractivity contribution is -0.137. The number of nitrogens with zero attached hydrogens (tertiary/aromatic N) is 1. The van der Waals surface area contributed by atoms with Crippen molar-refractivity contribution in [2.24, 2.45) is 5.92 Å². The number of hydrogen-bond donors (Lipinski definition) is 1. The van der Waals surface area contributed by atoms with Crippen LogP contribution in [0.2, 0.25) is 5.02 Å². The zero-order valence-corrected chi connectivity index (χ0v) is 15.6. The van der Waals surface area contributed by atoms with Gasteiger partial charge in [0.05, 0.1) is 11.6 Å². The Morgan fingerprint density at radius 3 is 2.48 bits per heavy atom. The molecule has 2 atom stereocenters. The molecular formula is C21H22ClF3N2. The second-order valence-corrected chi connectivity index (χ2v) is 7.91. The second-order valence-electron chi connectivity index (χ2n) is 7.48. The van der Waals surface area contributed by atoms with Gasteiger partial charge >= 0.3 is 6.18 Å². The Labute approximate surface area is 162 Å². The third kappa shape index (κ3) is 4.00. The van der Waals surface area contributed by atoms with E-state index < -0.39 is 11.7 Å². The molecule has 0 saturated carbocycles. The van der Waals surface area contributed by atoms with E-state index in [0.29, 0.717) is 23.0 Å². The topological polar surface area (TPSA) is 15.3 Å². The van der Waals surface area contributed by atoms with Crippen LogP contribution in [0.5, 0.6) is 0 Å². The van der Waals surface area contributed by atoms with Crippen molar-refractivity contribution in [1.29, 1.82) is 0 Å². The fourth-order valence-corrected chi connectivity index (χ4v) is 4.72. The maximum atomic E-state index is 13.0. The normalized spacial score (nSPS) is 27.7. The molecule has 1 N–H and O–H groups in total. The fraction of sp³-hybridized carbons (Fsp3) is 0.429. The van der Waals surface area contributed by atoms with Gasteiger partial charge in [0.1, 0.15) is 0 Å². The van der Waals surface area contributed by atoms with Crippen molar-refractivity contribution in [3.63, 3.8) is 0 Å². The van der Waals surface area contributed by atoms with Crippen LogP contribution in [-0.2, 0) is 12.7 Å². The number of nitrogens with one attached hydrogen (secondary N) is 1. The van der Waals surface area contributed by atoms with Crippen molar-refractivity contribution in [3.8, 4) is 0 Å². The molecule has 2 aromatic carbocycles. The molecule has 144 valence electrons. The highest BCUT2D eigenvalue weighted by Crippen LogP contribution is 2.41. The molecule has 0 amide bonds.